The van der Waals surface area contributed by atoms with E-state index in [0.29, 0.717) is 12.2 Å². The lowest BCUT2D eigenvalue weighted by Gasteiger charge is -2.21. The minimum absolute atomic E-state index is 0.0119. The number of rotatable bonds is 0. The lowest BCUT2D eigenvalue weighted by Crippen LogP contribution is -2.37. The maximum absolute atomic E-state index is 11.1. The molecule has 0 fully saturated rings. The van der Waals surface area contributed by atoms with Crippen LogP contribution in [0.15, 0.2) is 16.3 Å². The summed E-state index contributed by atoms with van der Waals surface area (Å²) in [7, 11) is 0. The first-order chi connectivity index (χ1) is 5.38. The maximum atomic E-state index is 11.1. The maximum Gasteiger partial charge on any atom is 0.254 e. The van der Waals surface area contributed by atoms with Gasteiger partial charge in [-0.2, -0.15) is 0 Å². The Morgan fingerprint density at radius 1 is 1.45 bits per heavy atom. The molecule has 2 rings (SSSR count). The van der Waals surface area contributed by atoms with Gasteiger partial charge in [0, 0.05) is 24.9 Å². The first-order valence-electron chi connectivity index (χ1n) is 3.63. The van der Waals surface area contributed by atoms with Gasteiger partial charge in [-0.1, -0.05) is 0 Å². The summed E-state index contributed by atoms with van der Waals surface area (Å²) in [5, 5.41) is 5.83. The van der Waals surface area contributed by atoms with Crippen LogP contribution in [0.4, 0.5) is 0 Å². The Morgan fingerprint density at radius 3 is 3.18 bits per heavy atom. The number of amides is 1. The van der Waals surface area contributed by atoms with Gasteiger partial charge in [0.1, 0.15) is 6.67 Å². The summed E-state index contributed by atoms with van der Waals surface area (Å²) < 4.78 is 0. The molecule has 0 saturated carbocycles. The largest absolute Gasteiger partial charge is 0.369 e. The second kappa shape index (κ2) is 2.38. The molecule has 4 heteroatoms. The first kappa shape index (κ1) is 6.39. The quantitative estimate of drug-likeness (QED) is 0.485. The number of carbonyl (C=O) groups excluding carboxylic acids is 1. The van der Waals surface area contributed by atoms with Crippen LogP contribution in [0.5, 0.6) is 0 Å². The van der Waals surface area contributed by atoms with Gasteiger partial charge in [0.25, 0.3) is 5.91 Å². The number of aliphatic imine (C=N–C) groups is 1. The van der Waals surface area contributed by atoms with Gasteiger partial charge in [-0.3, -0.25) is 9.79 Å². The Labute approximate surface area is 64.4 Å². The molecule has 2 aliphatic heterocycles. The minimum atomic E-state index is -0.0119. The second-order valence-corrected chi connectivity index (χ2v) is 2.54. The molecule has 0 saturated heterocycles. The van der Waals surface area contributed by atoms with Gasteiger partial charge in [-0.05, 0) is 0 Å². The van der Waals surface area contributed by atoms with Crippen molar-refractivity contribution in [2.24, 2.45) is 4.99 Å². The van der Waals surface area contributed by atoms with Gasteiger partial charge in [0.15, 0.2) is 0 Å². The predicted octanol–water partition coefficient (Wildman–Crippen LogP) is -0.608. The Hall–Kier alpha value is -1.32. The fourth-order valence-electron chi connectivity index (χ4n) is 1.27. The normalized spacial score (nSPS) is 22.4. The van der Waals surface area contributed by atoms with Crippen LogP contribution < -0.4 is 10.6 Å². The molecule has 1 amide bonds. The van der Waals surface area contributed by atoms with Crippen LogP contribution in [0.3, 0.4) is 0 Å². The molecule has 0 atom stereocenters. The highest BCUT2D eigenvalue weighted by atomic mass is 16.1. The highest BCUT2D eigenvalue weighted by Gasteiger charge is 2.19. The smallest absolute Gasteiger partial charge is 0.254 e. The second-order valence-electron chi connectivity index (χ2n) is 2.54. The van der Waals surface area contributed by atoms with Crippen molar-refractivity contribution in [2.45, 2.75) is 6.42 Å². The Balaban J connectivity index is 2.35. The highest BCUT2D eigenvalue weighted by molar-refractivity contribution is 6.13. The van der Waals surface area contributed by atoms with Gasteiger partial charge in [0.2, 0.25) is 0 Å². The molecule has 0 unspecified atom stereocenters. The minimum Gasteiger partial charge on any atom is -0.369 e. The summed E-state index contributed by atoms with van der Waals surface area (Å²) in [5.41, 5.74) is 1.73. The molecule has 58 valence electrons. The fraction of sp³-hybridized carbons (Fsp3) is 0.429. The van der Waals surface area contributed by atoms with Crippen LogP contribution in [0.25, 0.3) is 0 Å². The first-order valence-corrected chi connectivity index (χ1v) is 3.63. The van der Waals surface area contributed by atoms with E-state index in [9.17, 15) is 4.79 Å². The van der Waals surface area contributed by atoms with Gasteiger partial charge in [0.05, 0.1) is 5.57 Å². The molecule has 2 heterocycles. The summed E-state index contributed by atoms with van der Waals surface area (Å²) in [4.78, 5) is 15.1. The summed E-state index contributed by atoms with van der Waals surface area (Å²) in [6, 6.07) is 0. The zero-order chi connectivity index (χ0) is 7.68. The molecule has 2 N–H and O–H groups in total. The summed E-state index contributed by atoms with van der Waals surface area (Å²) in [5.74, 6) is -0.0119. The van der Waals surface area contributed by atoms with Crippen LogP contribution in [-0.4, -0.2) is 25.3 Å². The predicted molar refractivity (Wildman–Crippen MR) is 41.1 cm³/mol. The van der Waals surface area contributed by atoms with Gasteiger partial charge < -0.3 is 10.6 Å². The third kappa shape index (κ3) is 1.00. The van der Waals surface area contributed by atoms with Crippen molar-refractivity contribution in [2.75, 3.05) is 13.2 Å². The van der Waals surface area contributed by atoms with E-state index in [1.54, 1.807) is 6.21 Å². The van der Waals surface area contributed by atoms with Crippen molar-refractivity contribution in [3.8, 4) is 0 Å². The molecular formula is C7H9N3O. The van der Waals surface area contributed by atoms with Crippen LogP contribution in [-0.2, 0) is 4.79 Å². The van der Waals surface area contributed by atoms with Crippen LogP contribution in [0, 0.1) is 0 Å². The lowest BCUT2D eigenvalue weighted by molar-refractivity contribution is -0.117. The average Bonchev–Trinajstić information content (AvgIpc) is 2.06. The molecular weight excluding hydrogens is 142 g/mol. The van der Waals surface area contributed by atoms with Crippen LogP contribution >= 0.6 is 0 Å². The monoisotopic (exact) mass is 151 g/mol. The van der Waals surface area contributed by atoms with E-state index in [1.807, 2.05) is 0 Å². The molecule has 4 nitrogen and oxygen atoms in total. The third-order valence-electron chi connectivity index (χ3n) is 1.83. The Kier molecular flexibility index (Phi) is 1.38. The van der Waals surface area contributed by atoms with E-state index in [1.165, 1.54) is 0 Å². The van der Waals surface area contributed by atoms with Crippen molar-refractivity contribution in [3.05, 3.63) is 11.3 Å². The van der Waals surface area contributed by atoms with Crippen molar-refractivity contribution in [3.63, 3.8) is 0 Å². The van der Waals surface area contributed by atoms with E-state index in [0.717, 1.165) is 18.7 Å². The summed E-state index contributed by atoms with van der Waals surface area (Å²) in [6.45, 7) is 1.34. The molecule has 0 bridgehead atoms. The van der Waals surface area contributed by atoms with E-state index in [-0.39, 0.29) is 5.91 Å². The molecule has 0 aromatic rings. The van der Waals surface area contributed by atoms with Crippen molar-refractivity contribution >= 4 is 12.1 Å². The Morgan fingerprint density at radius 2 is 2.36 bits per heavy atom. The topological polar surface area (TPSA) is 53.5 Å². The molecule has 0 aromatic carbocycles. The molecule has 0 radical (unpaired) electrons. The highest BCUT2D eigenvalue weighted by Crippen LogP contribution is 2.11. The molecule has 11 heavy (non-hydrogen) atoms. The van der Waals surface area contributed by atoms with Crippen molar-refractivity contribution < 1.29 is 4.79 Å². The number of nitrogens with one attached hydrogen (secondary N) is 2. The van der Waals surface area contributed by atoms with Crippen LogP contribution in [0.2, 0.25) is 0 Å². The average molecular weight is 151 g/mol. The van der Waals surface area contributed by atoms with Gasteiger partial charge >= 0.3 is 0 Å². The summed E-state index contributed by atoms with van der Waals surface area (Å²) in [6.07, 6.45) is 2.54. The Bertz CT molecular complexity index is 254. The number of hydrogen-bond acceptors (Lipinski definition) is 3. The zero-order valence-corrected chi connectivity index (χ0v) is 6.05. The molecule has 0 aliphatic carbocycles. The fourth-order valence-corrected chi connectivity index (χ4v) is 1.27. The SMILES string of the molecule is O=C1NCCC2=C1C=NCN2. The molecule has 2 aliphatic rings. The van der Waals surface area contributed by atoms with Crippen LogP contribution in [0.1, 0.15) is 6.42 Å². The number of carbonyl (C=O) groups is 1. The van der Waals surface area contributed by atoms with Crippen molar-refractivity contribution in [1.29, 1.82) is 0 Å². The zero-order valence-electron chi connectivity index (χ0n) is 6.05. The van der Waals surface area contributed by atoms with E-state index >= 15 is 0 Å². The molecule has 0 aromatic heterocycles. The molecule has 0 spiro atoms. The van der Waals surface area contributed by atoms with E-state index in [4.69, 9.17) is 0 Å². The lowest BCUT2D eigenvalue weighted by atomic mass is 10.1. The summed E-state index contributed by atoms with van der Waals surface area (Å²) >= 11 is 0. The van der Waals surface area contributed by atoms with E-state index in [2.05, 4.69) is 15.6 Å². The van der Waals surface area contributed by atoms with Gasteiger partial charge in [-0.25, -0.2) is 0 Å². The number of hydrogen-bond donors (Lipinski definition) is 2. The van der Waals surface area contributed by atoms with Crippen molar-refractivity contribution in [1.82, 2.24) is 10.6 Å². The third-order valence-corrected chi connectivity index (χ3v) is 1.83. The van der Waals surface area contributed by atoms with Gasteiger partial charge in [-0.15, -0.1) is 0 Å². The van der Waals surface area contributed by atoms with E-state index < -0.39 is 0 Å². The standard InChI is InChI=1S/C7H9N3O/c11-7-5-3-8-4-10-6(5)1-2-9-7/h3,10H,1-2,4H2,(H,9,11). The number of nitrogens with zero attached hydrogens (tertiary/aromatic N) is 1.